The largest absolute Gasteiger partial charge is 0.326 e. The quantitative estimate of drug-likeness (QED) is 0.751. The molecule has 1 heterocycles. The summed E-state index contributed by atoms with van der Waals surface area (Å²) in [5, 5.41) is 3.36. The standard InChI is InChI=1S/C20H22Cl2N2O3S/c1-13-5-6-14(2)18(10-13)23-20(25)15-4-3-9-24(12-15)28(26,27)19-11-16(21)7-8-17(19)22/h5-8,10-11,15H,3-4,9,12H2,1-2H3,(H,23,25)/t15-/m0/s1. The second kappa shape index (κ2) is 8.41. The van der Waals surface area contributed by atoms with Gasteiger partial charge in [0.1, 0.15) is 4.90 Å². The first-order chi connectivity index (χ1) is 13.2. The summed E-state index contributed by atoms with van der Waals surface area (Å²) in [5.74, 6) is -0.604. The highest BCUT2D eigenvalue weighted by atomic mass is 35.5. The summed E-state index contributed by atoms with van der Waals surface area (Å²) in [5.41, 5.74) is 2.76. The van der Waals surface area contributed by atoms with Crippen LogP contribution < -0.4 is 5.32 Å². The Labute approximate surface area is 175 Å². The van der Waals surface area contributed by atoms with Crippen LogP contribution in [-0.4, -0.2) is 31.7 Å². The van der Waals surface area contributed by atoms with Crippen molar-refractivity contribution < 1.29 is 13.2 Å². The average Bonchev–Trinajstić information content (AvgIpc) is 2.66. The summed E-state index contributed by atoms with van der Waals surface area (Å²) in [6, 6.07) is 10.2. The molecule has 150 valence electrons. The van der Waals surface area contributed by atoms with Crippen molar-refractivity contribution in [3.05, 3.63) is 57.6 Å². The van der Waals surface area contributed by atoms with Gasteiger partial charge in [-0.15, -0.1) is 0 Å². The summed E-state index contributed by atoms with van der Waals surface area (Å²) < 4.78 is 27.4. The van der Waals surface area contributed by atoms with Gasteiger partial charge in [0.15, 0.2) is 0 Å². The number of carbonyl (C=O) groups is 1. The van der Waals surface area contributed by atoms with Gasteiger partial charge >= 0.3 is 0 Å². The van der Waals surface area contributed by atoms with E-state index < -0.39 is 15.9 Å². The molecule has 0 radical (unpaired) electrons. The number of sulfonamides is 1. The summed E-state index contributed by atoms with van der Waals surface area (Å²) in [7, 11) is -3.83. The van der Waals surface area contributed by atoms with E-state index in [9.17, 15) is 13.2 Å². The van der Waals surface area contributed by atoms with Gasteiger partial charge in [-0.1, -0.05) is 35.3 Å². The minimum atomic E-state index is -3.83. The summed E-state index contributed by atoms with van der Waals surface area (Å²) in [6.07, 6.45) is 1.23. The molecule has 1 fully saturated rings. The number of nitrogens with zero attached hydrogens (tertiary/aromatic N) is 1. The first-order valence-electron chi connectivity index (χ1n) is 9.02. The van der Waals surface area contributed by atoms with E-state index >= 15 is 0 Å². The molecule has 0 bridgehead atoms. The van der Waals surface area contributed by atoms with Crippen molar-refractivity contribution in [3.63, 3.8) is 0 Å². The van der Waals surface area contributed by atoms with Gasteiger partial charge in [-0.2, -0.15) is 4.31 Å². The van der Waals surface area contributed by atoms with E-state index in [-0.39, 0.29) is 22.4 Å². The molecule has 3 rings (SSSR count). The molecule has 1 aliphatic rings. The molecule has 0 saturated carbocycles. The molecule has 0 unspecified atom stereocenters. The van der Waals surface area contributed by atoms with Crippen LogP contribution in [0.3, 0.4) is 0 Å². The molecular weight excluding hydrogens is 419 g/mol. The van der Waals surface area contributed by atoms with Crippen molar-refractivity contribution in [2.75, 3.05) is 18.4 Å². The molecule has 8 heteroatoms. The van der Waals surface area contributed by atoms with Crippen LogP contribution in [0.2, 0.25) is 10.0 Å². The zero-order valence-electron chi connectivity index (χ0n) is 15.7. The zero-order valence-corrected chi connectivity index (χ0v) is 18.0. The average molecular weight is 441 g/mol. The van der Waals surface area contributed by atoms with E-state index in [0.717, 1.165) is 16.8 Å². The molecule has 0 aliphatic carbocycles. The molecule has 1 aliphatic heterocycles. The van der Waals surface area contributed by atoms with Crippen LogP contribution in [0, 0.1) is 19.8 Å². The monoisotopic (exact) mass is 440 g/mol. The summed E-state index contributed by atoms with van der Waals surface area (Å²) >= 11 is 12.0. The van der Waals surface area contributed by atoms with E-state index in [1.165, 1.54) is 16.4 Å². The topological polar surface area (TPSA) is 66.5 Å². The number of nitrogens with one attached hydrogen (secondary N) is 1. The Balaban J connectivity index is 1.79. The summed E-state index contributed by atoms with van der Waals surface area (Å²) in [4.78, 5) is 12.8. The number of piperidine rings is 1. The van der Waals surface area contributed by atoms with Gasteiger partial charge in [-0.25, -0.2) is 8.42 Å². The Morgan fingerprint density at radius 2 is 1.89 bits per heavy atom. The Kier molecular flexibility index (Phi) is 6.34. The van der Waals surface area contributed by atoms with Crippen molar-refractivity contribution in [2.24, 2.45) is 5.92 Å². The van der Waals surface area contributed by atoms with Gasteiger partial charge in [0.05, 0.1) is 10.9 Å². The Morgan fingerprint density at radius 1 is 1.14 bits per heavy atom. The number of benzene rings is 2. The fraction of sp³-hybridized carbons (Fsp3) is 0.350. The highest BCUT2D eigenvalue weighted by Gasteiger charge is 2.34. The van der Waals surface area contributed by atoms with Gasteiger partial charge < -0.3 is 5.32 Å². The van der Waals surface area contributed by atoms with Crippen LogP contribution in [0.5, 0.6) is 0 Å². The number of hydrogen-bond acceptors (Lipinski definition) is 3. The first kappa shape index (κ1) is 21.1. The smallest absolute Gasteiger partial charge is 0.244 e. The van der Waals surface area contributed by atoms with Crippen molar-refractivity contribution in [3.8, 4) is 0 Å². The second-order valence-electron chi connectivity index (χ2n) is 7.08. The number of aryl methyl sites for hydroxylation is 2. The number of carbonyl (C=O) groups excluding carboxylic acids is 1. The molecule has 2 aromatic rings. The minimum absolute atomic E-state index is 0.0303. The summed E-state index contributed by atoms with van der Waals surface area (Å²) in [6.45, 7) is 4.34. The fourth-order valence-corrected chi connectivity index (χ4v) is 5.56. The molecule has 5 nitrogen and oxygen atoms in total. The molecular formula is C20H22Cl2N2O3S. The van der Waals surface area contributed by atoms with E-state index in [2.05, 4.69) is 5.32 Å². The van der Waals surface area contributed by atoms with Crippen LogP contribution in [-0.2, 0) is 14.8 Å². The maximum Gasteiger partial charge on any atom is 0.244 e. The lowest BCUT2D eigenvalue weighted by atomic mass is 9.98. The van der Waals surface area contributed by atoms with Gasteiger partial charge in [0.25, 0.3) is 0 Å². The van der Waals surface area contributed by atoms with Crippen LogP contribution in [0.15, 0.2) is 41.3 Å². The molecule has 0 spiro atoms. The highest BCUT2D eigenvalue weighted by molar-refractivity contribution is 7.89. The molecule has 1 saturated heterocycles. The SMILES string of the molecule is Cc1ccc(C)c(NC(=O)[C@H]2CCCN(S(=O)(=O)c3cc(Cl)ccc3Cl)C2)c1. The predicted molar refractivity (Wildman–Crippen MR) is 112 cm³/mol. The molecule has 1 amide bonds. The van der Waals surface area contributed by atoms with Gasteiger partial charge in [0.2, 0.25) is 15.9 Å². The van der Waals surface area contributed by atoms with E-state index in [4.69, 9.17) is 23.2 Å². The normalized spacial score (nSPS) is 18.1. The molecule has 1 N–H and O–H groups in total. The maximum absolute atomic E-state index is 13.0. The lowest BCUT2D eigenvalue weighted by Crippen LogP contribution is -2.43. The van der Waals surface area contributed by atoms with E-state index in [1.54, 1.807) is 6.07 Å². The van der Waals surface area contributed by atoms with Crippen LogP contribution in [0.1, 0.15) is 24.0 Å². The Bertz CT molecular complexity index is 1010. The van der Waals surface area contributed by atoms with Gasteiger partial charge in [-0.05, 0) is 62.1 Å². The number of anilines is 1. The van der Waals surface area contributed by atoms with E-state index in [0.29, 0.717) is 24.4 Å². The molecule has 2 aromatic carbocycles. The van der Waals surface area contributed by atoms with Crippen molar-refractivity contribution in [1.82, 2.24) is 4.31 Å². The predicted octanol–water partition coefficient (Wildman–Crippen LogP) is 4.65. The third-order valence-electron chi connectivity index (χ3n) is 4.92. The highest BCUT2D eigenvalue weighted by Crippen LogP contribution is 2.31. The van der Waals surface area contributed by atoms with Gasteiger partial charge in [0, 0.05) is 23.8 Å². The number of halogens is 2. The Hall–Kier alpha value is -1.60. The number of rotatable bonds is 4. The minimum Gasteiger partial charge on any atom is -0.326 e. The molecule has 28 heavy (non-hydrogen) atoms. The van der Waals surface area contributed by atoms with Gasteiger partial charge in [-0.3, -0.25) is 4.79 Å². The van der Waals surface area contributed by atoms with Crippen molar-refractivity contribution in [1.29, 1.82) is 0 Å². The lowest BCUT2D eigenvalue weighted by Gasteiger charge is -2.31. The van der Waals surface area contributed by atoms with Crippen molar-refractivity contribution >= 4 is 44.8 Å². The van der Waals surface area contributed by atoms with E-state index in [1.807, 2.05) is 32.0 Å². The first-order valence-corrected chi connectivity index (χ1v) is 11.2. The second-order valence-corrected chi connectivity index (χ2v) is 9.83. The third-order valence-corrected chi connectivity index (χ3v) is 7.50. The van der Waals surface area contributed by atoms with Crippen LogP contribution >= 0.6 is 23.2 Å². The van der Waals surface area contributed by atoms with Crippen LogP contribution in [0.25, 0.3) is 0 Å². The Morgan fingerprint density at radius 3 is 2.64 bits per heavy atom. The third kappa shape index (κ3) is 4.51. The van der Waals surface area contributed by atoms with Crippen molar-refractivity contribution in [2.45, 2.75) is 31.6 Å². The molecule has 1 atom stereocenters. The number of hydrogen-bond donors (Lipinski definition) is 1. The molecule has 0 aromatic heterocycles. The zero-order chi connectivity index (χ0) is 20.5. The fourth-order valence-electron chi connectivity index (χ4n) is 3.29. The lowest BCUT2D eigenvalue weighted by molar-refractivity contribution is -0.120. The van der Waals surface area contributed by atoms with Crippen LogP contribution in [0.4, 0.5) is 5.69 Å². The number of amides is 1. The maximum atomic E-state index is 13.0.